The highest BCUT2D eigenvalue weighted by atomic mass is 16.5. The number of guanidine groups is 1. The maximum Gasteiger partial charge on any atom is 0.243 e. The summed E-state index contributed by atoms with van der Waals surface area (Å²) in [5.74, 6) is 2.04. The van der Waals surface area contributed by atoms with Crippen molar-refractivity contribution in [2.45, 2.75) is 19.3 Å². The van der Waals surface area contributed by atoms with E-state index in [9.17, 15) is 4.79 Å². The number of amides is 1. The molecule has 1 amide bonds. The Labute approximate surface area is 161 Å². The van der Waals surface area contributed by atoms with Gasteiger partial charge in [-0.2, -0.15) is 0 Å². The fraction of sp³-hybridized carbons (Fsp3) is 0.684. The van der Waals surface area contributed by atoms with Gasteiger partial charge in [0.2, 0.25) is 5.91 Å². The van der Waals surface area contributed by atoms with Crippen molar-refractivity contribution in [2.24, 2.45) is 10.9 Å². The summed E-state index contributed by atoms with van der Waals surface area (Å²) >= 11 is 0. The van der Waals surface area contributed by atoms with Gasteiger partial charge in [-0.15, -0.1) is 0 Å². The minimum atomic E-state index is -0.0377. The first-order valence-corrected chi connectivity index (χ1v) is 9.55. The lowest BCUT2D eigenvalue weighted by molar-refractivity contribution is -0.127. The van der Waals surface area contributed by atoms with E-state index in [-0.39, 0.29) is 12.5 Å². The van der Waals surface area contributed by atoms with Crippen molar-refractivity contribution in [1.82, 2.24) is 15.5 Å². The molecule has 1 aromatic heterocycles. The molecule has 1 saturated heterocycles. The molecular formula is C19H32N4O4. The standard InChI is InChI=1S/C19H32N4O4/c1-23(2)18(24)13-22-19(21-9-6-17-5-3-11-27-17)20-8-4-10-25-14-16-7-12-26-15-16/h3,5,11,16H,4,6-10,12-15H2,1-2H3,(H2,20,21,22). The zero-order valence-corrected chi connectivity index (χ0v) is 16.4. The van der Waals surface area contributed by atoms with Crippen LogP contribution in [0.3, 0.4) is 0 Å². The second-order valence-electron chi connectivity index (χ2n) is 6.79. The molecule has 1 aliphatic heterocycles. The lowest BCUT2D eigenvalue weighted by atomic mass is 10.1. The van der Waals surface area contributed by atoms with Gasteiger partial charge < -0.3 is 29.4 Å². The fourth-order valence-electron chi connectivity index (χ4n) is 2.57. The first kappa shape index (κ1) is 21.2. The van der Waals surface area contributed by atoms with E-state index in [0.29, 0.717) is 25.0 Å². The zero-order chi connectivity index (χ0) is 19.3. The average Bonchev–Trinajstić information content (AvgIpc) is 3.35. The van der Waals surface area contributed by atoms with Crippen LogP contribution >= 0.6 is 0 Å². The number of carbonyl (C=O) groups is 1. The zero-order valence-electron chi connectivity index (χ0n) is 16.4. The maximum atomic E-state index is 11.8. The lowest BCUT2D eigenvalue weighted by Crippen LogP contribution is -2.40. The van der Waals surface area contributed by atoms with E-state index in [2.05, 4.69) is 15.6 Å². The van der Waals surface area contributed by atoms with Crippen molar-refractivity contribution >= 4 is 11.9 Å². The number of hydrogen-bond donors (Lipinski definition) is 2. The van der Waals surface area contributed by atoms with Crippen LogP contribution in [0.2, 0.25) is 0 Å². The van der Waals surface area contributed by atoms with Gasteiger partial charge in [-0.25, -0.2) is 4.99 Å². The number of nitrogens with zero attached hydrogens (tertiary/aromatic N) is 2. The third-order valence-electron chi connectivity index (χ3n) is 4.25. The molecule has 0 radical (unpaired) electrons. The summed E-state index contributed by atoms with van der Waals surface area (Å²) in [7, 11) is 3.45. The highest BCUT2D eigenvalue weighted by Crippen LogP contribution is 2.12. The van der Waals surface area contributed by atoms with Crippen molar-refractivity contribution in [3.63, 3.8) is 0 Å². The topological polar surface area (TPSA) is 88.3 Å². The highest BCUT2D eigenvalue weighted by molar-refractivity contribution is 5.84. The van der Waals surface area contributed by atoms with Gasteiger partial charge >= 0.3 is 0 Å². The van der Waals surface area contributed by atoms with E-state index in [1.54, 1.807) is 20.4 Å². The van der Waals surface area contributed by atoms with Crippen molar-refractivity contribution in [3.8, 4) is 0 Å². The highest BCUT2D eigenvalue weighted by Gasteiger charge is 2.15. The molecule has 0 spiro atoms. The maximum absolute atomic E-state index is 11.8. The minimum Gasteiger partial charge on any atom is -0.469 e. The molecule has 2 heterocycles. The van der Waals surface area contributed by atoms with Gasteiger partial charge in [0, 0.05) is 52.7 Å². The van der Waals surface area contributed by atoms with Gasteiger partial charge in [0.1, 0.15) is 12.3 Å². The van der Waals surface area contributed by atoms with E-state index in [1.165, 1.54) is 4.90 Å². The van der Waals surface area contributed by atoms with Crippen molar-refractivity contribution in [3.05, 3.63) is 24.2 Å². The molecule has 0 aromatic carbocycles. The largest absolute Gasteiger partial charge is 0.469 e. The lowest BCUT2D eigenvalue weighted by Gasteiger charge is -2.14. The summed E-state index contributed by atoms with van der Waals surface area (Å²) in [5, 5.41) is 6.49. The molecule has 1 atom stereocenters. The Morgan fingerprint density at radius 2 is 2.22 bits per heavy atom. The van der Waals surface area contributed by atoms with Crippen molar-refractivity contribution in [1.29, 1.82) is 0 Å². The Kier molecular flexibility index (Phi) is 9.72. The fourth-order valence-corrected chi connectivity index (χ4v) is 2.57. The molecule has 1 unspecified atom stereocenters. The van der Waals surface area contributed by atoms with Gasteiger partial charge in [-0.1, -0.05) is 0 Å². The smallest absolute Gasteiger partial charge is 0.243 e. The van der Waals surface area contributed by atoms with Crippen LogP contribution in [0.1, 0.15) is 18.6 Å². The molecule has 8 heteroatoms. The predicted octanol–water partition coefficient (Wildman–Crippen LogP) is 0.889. The molecule has 0 saturated carbocycles. The molecule has 8 nitrogen and oxygen atoms in total. The second kappa shape index (κ2) is 12.3. The summed E-state index contributed by atoms with van der Waals surface area (Å²) in [4.78, 5) is 17.7. The average molecular weight is 380 g/mol. The van der Waals surface area contributed by atoms with E-state index >= 15 is 0 Å². The van der Waals surface area contributed by atoms with E-state index in [0.717, 1.165) is 51.4 Å². The summed E-state index contributed by atoms with van der Waals surface area (Å²) in [6, 6.07) is 3.81. The summed E-state index contributed by atoms with van der Waals surface area (Å²) in [6.45, 7) is 4.64. The van der Waals surface area contributed by atoms with Crippen LogP contribution in [0.4, 0.5) is 0 Å². The van der Waals surface area contributed by atoms with Gasteiger partial charge in [0.15, 0.2) is 5.96 Å². The van der Waals surface area contributed by atoms with Gasteiger partial charge in [0.25, 0.3) is 0 Å². The summed E-state index contributed by atoms with van der Waals surface area (Å²) < 4.78 is 16.4. The Bertz CT molecular complexity index is 554. The van der Waals surface area contributed by atoms with Crippen LogP contribution in [-0.2, 0) is 20.7 Å². The monoisotopic (exact) mass is 380 g/mol. The molecule has 27 heavy (non-hydrogen) atoms. The number of carbonyl (C=O) groups excluding carboxylic acids is 1. The van der Waals surface area contributed by atoms with E-state index in [1.807, 2.05) is 12.1 Å². The van der Waals surface area contributed by atoms with Gasteiger partial charge in [0.05, 0.1) is 19.5 Å². The van der Waals surface area contributed by atoms with Gasteiger partial charge in [-0.3, -0.25) is 4.79 Å². The van der Waals surface area contributed by atoms with Crippen LogP contribution in [0.25, 0.3) is 0 Å². The van der Waals surface area contributed by atoms with E-state index in [4.69, 9.17) is 13.9 Å². The quantitative estimate of drug-likeness (QED) is 0.337. The van der Waals surface area contributed by atoms with Crippen LogP contribution in [0, 0.1) is 5.92 Å². The summed E-state index contributed by atoms with van der Waals surface area (Å²) in [6.07, 6.45) is 4.38. The van der Waals surface area contributed by atoms with Crippen molar-refractivity contribution in [2.75, 3.05) is 60.2 Å². The van der Waals surface area contributed by atoms with Crippen LogP contribution in [0.5, 0.6) is 0 Å². The molecule has 0 aliphatic carbocycles. The second-order valence-corrected chi connectivity index (χ2v) is 6.79. The Balaban J connectivity index is 1.66. The van der Waals surface area contributed by atoms with Crippen LogP contribution in [-0.4, -0.2) is 76.9 Å². The third kappa shape index (κ3) is 8.92. The number of hydrogen-bond acceptors (Lipinski definition) is 5. The van der Waals surface area contributed by atoms with Crippen molar-refractivity contribution < 1.29 is 18.7 Å². The molecule has 0 bridgehead atoms. The third-order valence-corrected chi connectivity index (χ3v) is 4.25. The molecule has 1 aliphatic rings. The van der Waals surface area contributed by atoms with Crippen LogP contribution < -0.4 is 10.6 Å². The first-order valence-electron chi connectivity index (χ1n) is 9.55. The van der Waals surface area contributed by atoms with Crippen LogP contribution in [0.15, 0.2) is 27.8 Å². The molecule has 2 N–H and O–H groups in total. The normalized spacial score (nSPS) is 17.1. The number of furan rings is 1. The number of aliphatic imine (C=N–C) groups is 1. The summed E-state index contributed by atoms with van der Waals surface area (Å²) in [5.41, 5.74) is 0. The van der Waals surface area contributed by atoms with E-state index < -0.39 is 0 Å². The Morgan fingerprint density at radius 1 is 1.37 bits per heavy atom. The first-order chi connectivity index (χ1) is 13.1. The van der Waals surface area contributed by atoms with Gasteiger partial charge in [-0.05, 0) is 25.0 Å². The predicted molar refractivity (Wildman–Crippen MR) is 104 cm³/mol. The molecule has 2 rings (SSSR count). The number of nitrogens with one attached hydrogen (secondary N) is 2. The molecule has 1 aromatic rings. The Hall–Kier alpha value is -2.06. The Morgan fingerprint density at radius 3 is 2.93 bits per heavy atom. The SMILES string of the molecule is CN(C)C(=O)CN=C(NCCCOCC1CCOC1)NCCc1ccco1. The number of rotatable bonds is 11. The number of likely N-dealkylation sites (N-methyl/N-ethyl adjacent to an activating group) is 1. The molecule has 152 valence electrons. The number of ether oxygens (including phenoxy) is 2. The minimum absolute atomic E-state index is 0.0377. The molecular weight excluding hydrogens is 348 g/mol. The molecule has 1 fully saturated rings.